The van der Waals surface area contributed by atoms with E-state index < -0.39 is 44.7 Å². The second kappa shape index (κ2) is 5.66. The zero-order valence-corrected chi connectivity index (χ0v) is 10.9. The van der Waals surface area contributed by atoms with Crippen molar-refractivity contribution in [3.8, 4) is 5.75 Å². The van der Waals surface area contributed by atoms with Crippen LogP contribution in [0.3, 0.4) is 0 Å². The molecule has 0 aliphatic carbocycles. The lowest BCUT2D eigenvalue weighted by Gasteiger charge is -2.16. The quantitative estimate of drug-likeness (QED) is 0.672. The van der Waals surface area contributed by atoms with Gasteiger partial charge in [0.05, 0.1) is 5.69 Å². The molecule has 0 saturated carbocycles. The van der Waals surface area contributed by atoms with Crippen molar-refractivity contribution in [2.24, 2.45) is 5.73 Å². The molecule has 0 unspecified atom stereocenters. The molecule has 5 nitrogen and oxygen atoms in total. The van der Waals surface area contributed by atoms with Gasteiger partial charge in [-0.25, -0.2) is 22.2 Å². The fourth-order valence-electron chi connectivity index (χ4n) is 1.23. The first-order valence-corrected chi connectivity index (χ1v) is 6.99. The lowest BCUT2D eigenvalue weighted by Crippen LogP contribution is -2.21. The molecule has 1 aromatic heterocycles. The molecule has 0 aliphatic heterocycles. The van der Waals surface area contributed by atoms with Gasteiger partial charge in [0.2, 0.25) is 0 Å². The Kier molecular flexibility index (Phi) is 4.77. The first-order valence-electron chi connectivity index (χ1n) is 4.68. The van der Waals surface area contributed by atoms with E-state index >= 15 is 0 Å². The van der Waals surface area contributed by atoms with Crippen LogP contribution in [-0.2, 0) is 15.6 Å². The number of halogens is 6. The number of hydrogen-bond acceptors (Lipinski definition) is 5. The highest BCUT2D eigenvalue weighted by molar-refractivity contribution is 8.13. The number of hydrogen-bond donors (Lipinski definition) is 1. The highest BCUT2D eigenvalue weighted by Crippen LogP contribution is 2.38. The van der Waals surface area contributed by atoms with Gasteiger partial charge < -0.3 is 10.5 Å². The average molecular weight is 341 g/mol. The number of nitrogens with two attached hydrogens (primary N) is 1. The largest absolute Gasteiger partial charge is 0.573 e. The van der Waals surface area contributed by atoms with Crippen LogP contribution in [0.25, 0.3) is 0 Å². The molecule has 2 N–H and O–H groups in total. The predicted octanol–water partition coefficient (Wildman–Crippen LogP) is 2.30. The van der Waals surface area contributed by atoms with E-state index in [1.807, 2.05) is 0 Å². The number of alkyl halides is 5. The van der Waals surface area contributed by atoms with Gasteiger partial charge in [0.15, 0.2) is 11.4 Å². The van der Waals surface area contributed by atoms with Crippen LogP contribution >= 0.6 is 10.7 Å². The van der Waals surface area contributed by atoms with Gasteiger partial charge in [-0.2, -0.15) is 0 Å². The van der Waals surface area contributed by atoms with Crippen LogP contribution < -0.4 is 10.5 Å². The summed E-state index contributed by atoms with van der Waals surface area (Å²) in [5, 5.41) is 0. The Morgan fingerprint density at radius 1 is 1.40 bits per heavy atom. The summed E-state index contributed by atoms with van der Waals surface area (Å²) in [5.74, 6) is -1.67. The molecule has 0 aliphatic rings. The molecule has 20 heavy (non-hydrogen) atoms. The lowest BCUT2D eigenvalue weighted by molar-refractivity contribution is -0.276. The van der Waals surface area contributed by atoms with Gasteiger partial charge in [-0.3, -0.25) is 0 Å². The third-order valence-electron chi connectivity index (χ3n) is 1.91. The Balaban J connectivity index is 3.65. The summed E-state index contributed by atoms with van der Waals surface area (Å²) in [7, 11) is 0.133. The van der Waals surface area contributed by atoms with Gasteiger partial charge in [-0.15, -0.1) is 13.2 Å². The monoisotopic (exact) mass is 340 g/mol. The highest BCUT2D eigenvalue weighted by Gasteiger charge is 2.37. The smallest absolute Gasteiger partial charge is 0.402 e. The molecule has 0 spiro atoms. The second-order valence-electron chi connectivity index (χ2n) is 3.32. The molecule has 1 aromatic rings. The van der Waals surface area contributed by atoms with E-state index in [1.54, 1.807) is 0 Å². The SMILES string of the molecule is NCc1cc(S(=O)(=O)Cl)c(OC(F)(F)F)c(C(F)F)n1. The minimum absolute atomic E-state index is 0.381. The van der Waals surface area contributed by atoms with E-state index in [0.29, 0.717) is 6.07 Å². The van der Waals surface area contributed by atoms with Crippen LogP contribution in [0.5, 0.6) is 5.75 Å². The third kappa shape index (κ3) is 4.15. The first kappa shape index (κ1) is 16.9. The van der Waals surface area contributed by atoms with Crippen molar-refractivity contribution in [2.75, 3.05) is 0 Å². The van der Waals surface area contributed by atoms with Crippen LogP contribution in [0, 0.1) is 0 Å². The van der Waals surface area contributed by atoms with Crippen LogP contribution in [-0.4, -0.2) is 19.8 Å². The van der Waals surface area contributed by atoms with Gasteiger partial charge in [0, 0.05) is 17.2 Å². The fourth-order valence-corrected chi connectivity index (χ4v) is 2.22. The maximum atomic E-state index is 12.7. The van der Waals surface area contributed by atoms with Crippen molar-refractivity contribution in [1.82, 2.24) is 4.98 Å². The minimum atomic E-state index is -5.40. The summed E-state index contributed by atoms with van der Waals surface area (Å²) in [6.07, 6.45) is -8.91. The molecule has 12 heteroatoms. The van der Waals surface area contributed by atoms with Crippen molar-refractivity contribution in [1.29, 1.82) is 0 Å². The third-order valence-corrected chi connectivity index (χ3v) is 3.24. The van der Waals surface area contributed by atoms with Crippen LogP contribution in [0.4, 0.5) is 22.0 Å². The van der Waals surface area contributed by atoms with Crippen molar-refractivity contribution < 1.29 is 35.1 Å². The number of rotatable bonds is 4. The fraction of sp³-hybridized carbons (Fsp3) is 0.375. The molecular weight excluding hydrogens is 335 g/mol. The molecule has 0 bridgehead atoms. The molecule has 114 valence electrons. The number of pyridine rings is 1. The van der Waals surface area contributed by atoms with Gasteiger partial charge in [-0.05, 0) is 6.07 Å². The van der Waals surface area contributed by atoms with E-state index in [9.17, 15) is 30.4 Å². The van der Waals surface area contributed by atoms with E-state index in [1.165, 1.54) is 0 Å². The maximum absolute atomic E-state index is 12.7. The maximum Gasteiger partial charge on any atom is 0.573 e. The number of ether oxygens (including phenoxy) is 1. The van der Waals surface area contributed by atoms with Crippen molar-refractivity contribution >= 4 is 19.7 Å². The van der Waals surface area contributed by atoms with E-state index in [0.717, 1.165) is 0 Å². The summed E-state index contributed by atoms with van der Waals surface area (Å²) in [6.45, 7) is -0.481. The molecule has 0 aromatic carbocycles. The van der Waals surface area contributed by atoms with Gasteiger partial charge in [-0.1, -0.05) is 0 Å². The average Bonchev–Trinajstić information content (AvgIpc) is 2.25. The molecule has 0 atom stereocenters. The molecule has 0 fully saturated rings. The molecule has 1 heterocycles. The molecule has 0 saturated heterocycles. The topological polar surface area (TPSA) is 82.3 Å². The summed E-state index contributed by atoms with van der Waals surface area (Å²) in [5.41, 5.74) is 3.21. The Labute approximate surface area is 113 Å². The van der Waals surface area contributed by atoms with Crippen molar-refractivity contribution in [3.63, 3.8) is 0 Å². The minimum Gasteiger partial charge on any atom is -0.402 e. The highest BCUT2D eigenvalue weighted by atomic mass is 35.7. The van der Waals surface area contributed by atoms with Crippen LogP contribution in [0.2, 0.25) is 0 Å². The molecular formula is C8H6ClF5N2O3S. The Bertz CT molecular complexity index is 605. The van der Waals surface area contributed by atoms with E-state index in [2.05, 4.69) is 9.72 Å². The Morgan fingerprint density at radius 2 is 1.95 bits per heavy atom. The Morgan fingerprint density at radius 3 is 2.30 bits per heavy atom. The first-order chi connectivity index (χ1) is 8.95. The normalized spacial score (nSPS) is 12.8. The molecule has 1 rings (SSSR count). The second-order valence-corrected chi connectivity index (χ2v) is 5.85. The summed E-state index contributed by atoms with van der Waals surface area (Å²) < 4.78 is 87.6. The van der Waals surface area contributed by atoms with Gasteiger partial charge in [0.25, 0.3) is 15.5 Å². The zero-order chi connectivity index (χ0) is 15.7. The summed E-state index contributed by atoms with van der Waals surface area (Å²) in [4.78, 5) is 1.85. The standard InChI is InChI=1S/C8H6ClF5N2O3S/c9-20(17,18)4-1-3(2-15)16-5(7(10)11)6(4)19-8(12,13)14/h1,7H,2,15H2. The van der Waals surface area contributed by atoms with E-state index in [-0.39, 0.29) is 5.69 Å². The predicted molar refractivity (Wildman–Crippen MR) is 56.8 cm³/mol. The van der Waals surface area contributed by atoms with Crippen LogP contribution in [0.15, 0.2) is 11.0 Å². The molecule has 0 amide bonds. The number of nitrogens with zero attached hydrogens (tertiary/aromatic N) is 1. The Hall–Kier alpha value is -1.20. The van der Waals surface area contributed by atoms with Gasteiger partial charge >= 0.3 is 6.36 Å². The van der Waals surface area contributed by atoms with Crippen molar-refractivity contribution in [3.05, 3.63) is 17.5 Å². The summed E-state index contributed by atoms with van der Waals surface area (Å²) in [6, 6.07) is 0.537. The van der Waals surface area contributed by atoms with Gasteiger partial charge in [0.1, 0.15) is 4.90 Å². The van der Waals surface area contributed by atoms with Crippen molar-refractivity contribution in [2.45, 2.75) is 24.2 Å². The number of aromatic nitrogens is 1. The molecule has 0 radical (unpaired) electrons. The zero-order valence-electron chi connectivity index (χ0n) is 9.29. The van der Waals surface area contributed by atoms with Crippen LogP contribution in [0.1, 0.15) is 17.8 Å². The lowest BCUT2D eigenvalue weighted by atomic mass is 10.2. The van der Waals surface area contributed by atoms with E-state index in [4.69, 9.17) is 16.4 Å². The summed E-state index contributed by atoms with van der Waals surface area (Å²) >= 11 is 0.